The lowest BCUT2D eigenvalue weighted by molar-refractivity contribution is -0.116. The summed E-state index contributed by atoms with van der Waals surface area (Å²) in [4.78, 5) is 12.6. The van der Waals surface area contributed by atoms with Gasteiger partial charge in [-0.25, -0.2) is 0 Å². The zero-order valence-corrected chi connectivity index (χ0v) is 16.5. The highest BCUT2D eigenvalue weighted by atomic mass is 16.5. The van der Waals surface area contributed by atoms with E-state index in [9.17, 15) is 4.79 Å². The van der Waals surface area contributed by atoms with Gasteiger partial charge in [0.15, 0.2) is 11.5 Å². The average molecular weight is 378 g/mol. The Morgan fingerprint density at radius 3 is 2.29 bits per heavy atom. The van der Waals surface area contributed by atoms with Crippen LogP contribution in [0.5, 0.6) is 11.5 Å². The Labute approximate surface area is 165 Å². The number of carbonyl (C=O) groups excluding carboxylic acids is 1. The van der Waals surface area contributed by atoms with E-state index >= 15 is 0 Å². The predicted octanol–water partition coefficient (Wildman–Crippen LogP) is 5.08. The summed E-state index contributed by atoms with van der Waals surface area (Å²) in [5.74, 6) is 1.25. The lowest BCUT2D eigenvalue weighted by Crippen LogP contribution is -2.31. The molecule has 0 aromatic heterocycles. The summed E-state index contributed by atoms with van der Waals surface area (Å²) in [7, 11) is 0. The molecule has 2 N–H and O–H groups in total. The van der Waals surface area contributed by atoms with Gasteiger partial charge in [-0.1, -0.05) is 30.3 Å². The zero-order chi connectivity index (χ0) is 19.9. The minimum Gasteiger partial charge on any atom is -0.490 e. The van der Waals surface area contributed by atoms with Gasteiger partial charge in [0.05, 0.1) is 13.2 Å². The summed E-state index contributed by atoms with van der Waals surface area (Å²) in [6.45, 7) is 6.79. The van der Waals surface area contributed by atoms with E-state index in [1.807, 2.05) is 81.4 Å². The molecular formula is C23H26N2O3. The van der Waals surface area contributed by atoms with Gasteiger partial charge in [-0.15, -0.1) is 0 Å². The van der Waals surface area contributed by atoms with Gasteiger partial charge in [-0.2, -0.15) is 0 Å². The van der Waals surface area contributed by atoms with Crippen LogP contribution in [0.3, 0.4) is 0 Å². The van der Waals surface area contributed by atoms with Crippen molar-refractivity contribution in [3.63, 3.8) is 0 Å². The number of carbonyl (C=O) groups is 1. The minimum atomic E-state index is -0.418. The van der Waals surface area contributed by atoms with E-state index in [1.165, 1.54) is 0 Å². The fourth-order valence-corrected chi connectivity index (χ4v) is 2.97. The van der Waals surface area contributed by atoms with Gasteiger partial charge in [0, 0.05) is 17.4 Å². The number of anilines is 2. The van der Waals surface area contributed by atoms with Crippen LogP contribution in [0.2, 0.25) is 0 Å². The monoisotopic (exact) mass is 378 g/mol. The fraction of sp³-hybridized carbons (Fsp3) is 0.261. The number of hydrogen-bond donors (Lipinski definition) is 2. The van der Waals surface area contributed by atoms with Gasteiger partial charge >= 0.3 is 0 Å². The van der Waals surface area contributed by atoms with Crippen LogP contribution >= 0.6 is 0 Å². The summed E-state index contributed by atoms with van der Waals surface area (Å²) < 4.78 is 11.2. The number of ether oxygens (including phenoxy) is 2. The molecule has 0 radical (unpaired) electrons. The van der Waals surface area contributed by atoms with Crippen LogP contribution < -0.4 is 20.1 Å². The highest BCUT2D eigenvalue weighted by Crippen LogP contribution is 2.31. The van der Waals surface area contributed by atoms with Crippen molar-refractivity contribution in [2.24, 2.45) is 0 Å². The van der Waals surface area contributed by atoms with Gasteiger partial charge in [-0.05, 0) is 55.8 Å². The second kappa shape index (κ2) is 9.13. The topological polar surface area (TPSA) is 59.6 Å². The Morgan fingerprint density at radius 1 is 0.857 bits per heavy atom. The van der Waals surface area contributed by atoms with Crippen molar-refractivity contribution in [3.8, 4) is 11.5 Å². The van der Waals surface area contributed by atoms with Crippen LogP contribution in [0.4, 0.5) is 11.4 Å². The van der Waals surface area contributed by atoms with Gasteiger partial charge < -0.3 is 20.1 Å². The van der Waals surface area contributed by atoms with E-state index in [0.29, 0.717) is 24.7 Å². The Morgan fingerprint density at radius 2 is 1.54 bits per heavy atom. The van der Waals surface area contributed by atoms with Crippen LogP contribution in [0.1, 0.15) is 20.8 Å². The molecule has 0 heterocycles. The van der Waals surface area contributed by atoms with E-state index in [0.717, 1.165) is 22.1 Å². The summed E-state index contributed by atoms with van der Waals surface area (Å²) in [5.41, 5.74) is 1.58. The number of benzene rings is 3. The maximum absolute atomic E-state index is 12.6. The first kappa shape index (κ1) is 19.5. The maximum Gasteiger partial charge on any atom is 0.246 e. The van der Waals surface area contributed by atoms with Gasteiger partial charge in [-0.3, -0.25) is 4.79 Å². The van der Waals surface area contributed by atoms with Crippen molar-refractivity contribution in [2.75, 3.05) is 23.8 Å². The Kier molecular flexibility index (Phi) is 6.37. The first-order valence-electron chi connectivity index (χ1n) is 9.56. The average Bonchev–Trinajstić information content (AvgIpc) is 2.70. The largest absolute Gasteiger partial charge is 0.490 e. The van der Waals surface area contributed by atoms with Crippen LogP contribution in [0, 0.1) is 0 Å². The van der Waals surface area contributed by atoms with E-state index in [-0.39, 0.29) is 5.91 Å². The Bertz CT molecular complexity index is 955. The molecule has 0 aliphatic heterocycles. The predicted molar refractivity (Wildman–Crippen MR) is 114 cm³/mol. The van der Waals surface area contributed by atoms with Crippen molar-refractivity contribution in [1.29, 1.82) is 0 Å². The summed E-state index contributed by atoms with van der Waals surface area (Å²) in [5, 5.41) is 8.42. The molecule has 3 aromatic carbocycles. The van der Waals surface area contributed by atoms with Crippen molar-refractivity contribution in [3.05, 3.63) is 60.7 Å². The van der Waals surface area contributed by atoms with Gasteiger partial charge in [0.2, 0.25) is 5.91 Å². The second-order valence-corrected chi connectivity index (χ2v) is 6.44. The minimum absolute atomic E-state index is 0.109. The molecule has 3 rings (SSSR count). The van der Waals surface area contributed by atoms with Crippen molar-refractivity contribution >= 4 is 28.1 Å². The summed E-state index contributed by atoms with van der Waals surface area (Å²) in [6.07, 6.45) is 0. The fourth-order valence-electron chi connectivity index (χ4n) is 2.97. The molecule has 0 bridgehead atoms. The molecule has 0 unspecified atom stereocenters. The molecule has 5 nitrogen and oxygen atoms in total. The number of amides is 1. The second-order valence-electron chi connectivity index (χ2n) is 6.44. The Balaban J connectivity index is 1.68. The first-order valence-corrected chi connectivity index (χ1v) is 9.56. The molecule has 0 aliphatic rings. The quantitative estimate of drug-likeness (QED) is 0.574. The number of rotatable bonds is 8. The molecule has 0 saturated carbocycles. The van der Waals surface area contributed by atoms with E-state index in [4.69, 9.17) is 9.47 Å². The van der Waals surface area contributed by atoms with E-state index in [1.54, 1.807) is 0 Å². The van der Waals surface area contributed by atoms with Crippen molar-refractivity contribution in [2.45, 2.75) is 26.8 Å². The zero-order valence-electron chi connectivity index (χ0n) is 16.5. The highest BCUT2D eigenvalue weighted by Gasteiger charge is 2.14. The molecule has 0 saturated heterocycles. The number of hydrogen-bond acceptors (Lipinski definition) is 4. The van der Waals surface area contributed by atoms with Crippen LogP contribution in [0.25, 0.3) is 10.8 Å². The van der Waals surface area contributed by atoms with E-state index < -0.39 is 6.04 Å². The smallest absolute Gasteiger partial charge is 0.246 e. The molecule has 28 heavy (non-hydrogen) atoms. The van der Waals surface area contributed by atoms with Gasteiger partial charge in [0.1, 0.15) is 6.04 Å². The molecule has 0 aliphatic carbocycles. The van der Waals surface area contributed by atoms with Crippen LogP contribution in [-0.4, -0.2) is 25.2 Å². The van der Waals surface area contributed by atoms with Crippen LogP contribution in [-0.2, 0) is 4.79 Å². The summed E-state index contributed by atoms with van der Waals surface area (Å²) >= 11 is 0. The third-order valence-electron chi connectivity index (χ3n) is 4.34. The third kappa shape index (κ3) is 4.74. The van der Waals surface area contributed by atoms with Gasteiger partial charge in [0.25, 0.3) is 0 Å². The van der Waals surface area contributed by atoms with Crippen molar-refractivity contribution < 1.29 is 14.3 Å². The summed E-state index contributed by atoms with van der Waals surface area (Å²) in [6, 6.07) is 19.1. The van der Waals surface area contributed by atoms with Crippen LogP contribution in [0.15, 0.2) is 60.7 Å². The molecule has 1 atom stereocenters. The highest BCUT2D eigenvalue weighted by molar-refractivity contribution is 5.98. The normalized spacial score (nSPS) is 11.7. The molecule has 1 amide bonds. The van der Waals surface area contributed by atoms with E-state index in [2.05, 4.69) is 10.6 Å². The number of nitrogens with one attached hydrogen (secondary N) is 2. The number of fused-ring (bicyclic) bond motifs is 1. The molecule has 5 heteroatoms. The SMILES string of the molecule is CCOc1ccc(N[C@H](C)C(=O)Nc2ccc3ccccc3c2)cc1OCC. The third-order valence-corrected chi connectivity index (χ3v) is 4.34. The standard InChI is InChI=1S/C23H26N2O3/c1-4-27-21-13-12-20(15-22(21)28-5-2)24-16(3)23(26)25-19-11-10-17-8-6-7-9-18(17)14-19/h6-16,24H,4-5H2,1-3H3,(H,25,26)/t16-/m1/s1. The van der Waals surface area contributed by atoms with Crippen molar-refractivity contribution in [1.82, 2.24) is 0 Å². The molecular weight excluding hydrogens is 352 g/mol. The molecule has 146 valence electrons. The Hall–Kier alpha value is -3.21. The molecule has 0 spiro atoms. The molecule has 0 fully saturated rings. The molecule has 3 aromatic rings. The lowest BCUT2D eigenvalue weighted by atomic mass is 10.1. The first-order chi connectivity index (χ1) is 13.6. The maximum atomic E-state index is 12.6. The lowest BCUT2D eigenvalue weighted by Gasteiger charge is -2.17.